The zero-order valence-electron chi connectivity index (χ0n) is 19.3. The fourth-order valence-corrected chi connectivity index (χ4v) is 6.49. The molecule has 0 bridgehead atoms. The van der Waals surface area contributed by atoms with Gasteiger partial charge in [-0.15, -0.1) is 11.3 Å². The fourth-order valence-electron chi connectivity index (χ4n) is 4.58. The molecule has 1 saturated carbocycles. The Hall–Kier alpha value is -2.84. The fraction of sp³-hybridized carbons (Fsp3) is 0.346. The summed E-state index contributed by atoms with van der Waals surface area (Å²) in [6.45, 7) is 0. The number of methoxy groups -OCH3 is 2. The summed E-state index contributed by atoms with van der Waals surface area (Å²) >= 11 is 3.16. The third-order valence-electron chi connectivity index (χ3n) is 6.25. The van der Waals surface area contributed by atoms with Gasteiger partial charge in [0.15, 0.2) is 16.7 Å². The average Bonchev–Trinajstić information content (AvgIpc) is 3.36. The summed E-state index contributed by atoms with van der Waals surface area (Å²) in [5, 5.41) is 4.41. The highest BCUT2D eigenvalue weighted by atomic mass is 32.2. The number of nitrogens with zero attached hydrogens (tertiary/aromatic N) is 3. The molecule has 0 amide bonds. The van der Waals surface area contributed by atoms with Gasteiger partial charge >= 0.3 is 0 Å². The number of thioether (sulfide) groups is 1. The van der Waals surface area contributed by atoms with Gasteiger partial charge in [-0.25, -0.2) is 9.97 Å². The second-order valence-electron chi connectivity index (χ2n) is 8.35. The van der Waals surface area contributed by atoms with Gasteiger partial charge in [-0.2, -0.15) is 0 Å². The first-order valence-corrected chi connectivity index (χ1v) is 13.4. The van der Waals surface area contributed by atoms with Crippen molar-refractivity contribution >= 4 is 34.0 Å². The Balaban J connectivity index is 1.45. The van der Waals surface area contributed by atoms with Crippen molar-refractivity contribution in [2.45, 2.75) is 49.1 Å². The van der Waals surface area contributed by atoms with Gasteiger partial charge in [-0.1, -0.05) is 49.2 Å². The van der Waals surface area contributed by atoms with Crippen LogP contribution in [0.4, 0.5) is 0 Å². The second kappa shape index (κ2) is 10.2. The van der Waals surface area contributed by atoms with Crippen LogP contribution in [-0.4, -0.2) is 28.8 Å². The van der Waals surface area contributed by atoms with E-state index in [2.05, 4.69) is 5.38 Å². The van der Waals surface area contributed by atoms with E-state index < -0.39 is 0 Å². The number of para-hydroxylation sites is 2. The van der Waals surface area contributed by atoms with E-state index in [1.165, 1.54) is 6.42 Å². The minimum Gasteiger partial charge on any atom is -0.493 e. The van der Waals surface area contributed by atoms with Crippen LogP contribution in [-0.2, 0) is 5.75 Å². The number of hydrogen-bond acceptors (Lipinski definition) is 7. The van der Waals surface area contributed by atoms with Gasteiger partial charge in [-0.3, -0.25) is 9.36 Å². The SMILES string of the molecule is COc1cccc(-c2nc(CSc3nc4ccccc4c(=O)n3C3CCCCC3)cs2)c1OC. The summed E-state index contributed by atoms with van der Waals surface area (Å²) in [4.78, 5) is 23.2. The lowest BCUT2D eigenvalue weighted by Gasteiger charge is -2.26. The van der Waals surface area contributed by atoms with E-state index >= 15 is 0 Å². The molecule has 34 heavy (non-hydrogen) atoms. The van der Waals surface area contributed by atoms with Crippen molar-refractivity contribution in [3.8, 4) is 22.1 Å². The van der Waals surface area contributed by atoms with Gasteiger partial charge < -0.3 is 9.47 Å². The first-order valence-electron chi connectivity index (χ1n) is 11.5. The number of hydrogen-bond donors (Lipinski definition) is 0. The lowest BCUT2D eigenvalue weighted by atomic mass is 9.95. The monoisotopic (exact) mass is 493 g/mol. The molecule has 1 aliphatic carbocycles. The molecule has 0 radical (unpaired) electrons. The van der Waals surface area contributed by atoms with Crippen molar-refractivity contribution in [1.82, 2.24) is 14.5 Å². The molecule has 0 saturated heterocycles. The molecular formula is C26H27N3O3S2. The number of rotatable bonds is 7. The molecule has 176 valence electrons. The van der Waals surface area contributed by atoms with Gasteiger partial charge in [0.05, 0.1) is 36.4 Å². The molecule has 2 aromatic carbocycles. The summed E-state index contributed by atoms with van der Waals surface area (Å²) in [5.41, 5.74) is 2.68. The van der Waals surface area contributed by atoms with Crippen molar-refractivity contribution in [1.29, 1.82) is 0 Å². The van der Waals surface area contributed by atoms with Crippen molar-refractivity contribution in [2.75, 3.05) is 14.2 Å². The smallest absolute Gasteiger partial charge is 0.262 e. The molecule has 1 aliphatic rings. The maximum Gasteiger partial charge on any atom is 0.262 e. The highest BCUT2D eigenvalue weighted by Crippen LogP contribution is 2.39. The Morgan fingerprint density at radius 3 is 2.65 bits per heavy atom. The lowest BCUT2D eigenvalue weighted by molar-refractivity contribution is 0.326. The Morgan fingerprint density at radius 2 is 1.85 bits per heavy atom. The average molecular weight is 494 g/mol. The minimum absolute atomic E-state index is 0.0695. The molecule has 0 aliphatic heterocycles. The summed E-state index contributed by atoms with van der Waals surface area (Å²) in [6.07, 6.45) is 5.62. The molecule has 1 fully saturated rings. The van der Waals surface area contributed by atoms with E-state index in [0.29, 0.717) is 22.6 Å². The van der Waals surface area contributed by atoms with Crippen molar-refractivity contribution in [3.63, 3.8) is 0 Å². The molecule has 4 aromatic rings. The number of fused-ring (bicyclic) bond motifs is 1. The van der Waals surface area contributed by atoms with Gasteiger partial charge in [0, 0.05) is 17.2 Å². The zero-order chi connectivity index (χ0) is 23.5. The van der Waals surface area contributed by atoms with Crippen LogP contribution in [0.25, 0.3) is 21.5 Å². The van der Waals surface area contributed by atoms with Crippen LogP contribution in [0, 0.1) is 0 Å². The van der Waals surface area contributed by atoms with Crippen molar-refractivity contribution < 1.29 is 9.47 Å². The van der Waals surface area contributed by atoms with Crippen LogP contribution in [0.2, 0.25) is 0 Å². The number of benzene rings is 2. The molecule has 2 aromatic heterocycles. The van der Waals surface area contributed by atoms with Gasteiger partial charge in [-0.05, 0) is 37.1 Å². The van der Waals surface area contributed by atoms with E-state index in [0.717, 1.165) is 52.6 Å². The summed E-state index contributed by atoms with van der Waals surface area (Å²) < 4.78 is 13.0. The van der Waals surface area contributed by atoms with Gasteiger partial charge in [0.25, 0.3) is 5.56 Å². The lowest BCUT2D eigenvalue weighted by Crippen LogP contribution is -2.29. The van der Waals surface area contributed by atoms with Crippen molar-refractivity contribution in [2.24, 2.45) is 0 Å². The van der Waals surface area contributed by atoms with Crippen LogP contribution in [0.1, 0.15) is 43.8 Å². The Bertz CT molecular complexity index is 1360. The molecule has 8 heteroatoms. The predicted molar refractivity (Wildman–Crippen MR) is 138 cm³/mol. The maximum atomic E-state index is 13.5. The quantitative estimate of drug-likeness (QED) is 0.221. The first-order chi connectivity index (χ1) is 16.7. The summed E-state index contributed by atoms with van der Waals surface area (Å²) in [7, 11) is 3.27. The molecule has 0 unspecified atom stereocenters. The summed E-state index contributed by atoms with van der Waals surface area (Å²) in [5.74, 6) is 2.00. The van der Waals surface area contributed by atoms with Gasteiger partial charge in [0.2, 0.25) is 0 Å². The molecule has 0 spiro atoms. The molecule has 5 rings (SSSR count). The predicted octanol–water partition coefficient (Wildman–Crippen LogP) is 6.33. The normalized spacial score (nSPS) is 14.4. The standard InChI is InChI=1S/C26H27N3O3S2/c1-31-22-14-8-12-20(23(22)32-2)24-27-17(15-33-24)16-34-26-28-21-13-7-6-11-19(21)25(30)29(26)18-9-4-3-5-10-18/h6-8,11-15,18H,3-5,9-10,16H2,1-2H3. The maximum absolute atomic E-state index is 13.5. The molecule has 0 atom stereocenters. The van der Waals surface area contributed by atoms with E-state index in [1.54, 1.807) is 37.3 Å². The summed E-state index contributed by atoms with van der Waals surface area (Å²) in [6, 6.07) is 13.7. The molecule has 2 heterocycles. The Labute approximate surface area is 207 Å². The van der Waals surface area contributed by atoms with Crippen LogP contribution in [0.5, 0.6) is 11.5 Å². The van der Waals surface area contributed by atoms with Crippen molar-refractivity contribution in [3.05, 3.63) is 63.9 Å². The highest BCUT2D eigenvalue weighted by Gasteiger charge is 2.22. The topological polar surface area (TPSA) is 66.2 Å². The molecule has 0 N–H and O–H groups in total. The molecule has 6 nitrogen and oxygen atoms in total. The largest absolute Gasteiger partial charge is 0.493 e. The van der Waals surface area contributed by atoms with E-state index in [-0.39, 0.29) is 11.6 Å². The van der Waals surface area contributed by atoms with Crippen LogP contribution < -0.4 is 15.0 Å². The molecular weight excluding hydrogens is 466 g/mol. The third kappa shape index (κ3) is 4.44. The van der Waals surface area contributed by atoms with Crippen LogP contribution in [0.3, 0.4) is 0 Å². The zero-order valence-corrected chi connectivity index (χ0v) is 21.0. The number of aromatic nitrogens is 3. The van der Waals surface area contributed by atoms with E-state index in [9.17, 15) is 4.79 Å². The highest BCUT2D eigenvalue weighted by molar-refractivity contribution is 7.98. The van der Waals surface area contributed by atoms with E-state index in [4.69, 9.17) is 19.4 Å². The first kappa shape index (κ1) is 22.9. The van der Waals surface area contributed by atoms with Crippen LogP contribution >= 0.6 is 23.1 Å². The third-order valence-corrected chi connectivity index (χ3v) is 8.16. The Kier molecular flexibility index (Phi) is 6.87. The number of ether oxygens (including phenoxy) is 2. The Morgan fingerprint density at radius 1 is 1.03 bits per heavy atom. The van der Waals surface area contributed by atoms with Crippen LogP contribution in [0.15, 0.2) is 57.8 Å². The number of thiazole rings is 1. The minimum atomic E-state index is 0.0695. The van der Waals surface area contributed by atoms with Gasteiger partial charge in [0.1, 0.15) is 5.01 Å². The van der Waals surface area contributed by atoms with E-state index in [1.807, 2.05) is 47.0 Å². The second-order valence-corrected chi connectivity index (χ2v) is 10.2.